The minimum Gasteiger partial charge on any atom is -0.350 e. The minimum atomic E-state index is -0.499. The van der Waals surface area contributed by atoms with Gasteiger partial charge in [-0.25, -0.2) is 9.29 Å². The van der Waals surface area contributed by atoms with Gasteiger partial charge in [-0.05, 0) is 61.5 Å². The minimum absolute atomic E-state index is 0.136. The first kappa shape index (κ1) is 20.2. The molecule has 1 heterocycles. The van der Waals surface area contributed by atoms with E-state index in [0.717, 1.165) is 15.4 Å². The maximum absolute atomic E-state index is 13.3. The number of carbonyl (C=O) groups excluding carboxylic acids is 2. The summed E-state index contributed by atoms with van der Waals surface area (Å²) in [6.45, 7) is 1.97. The van der Waals surface area contributed by atoms with Gasteiger partial charge in [0.05, 0.1) is 5.69 Å². The Morgan fingerprint density at radius 2 is 1.63 bits per heavy atom. The fourth-order valence-corrected chi connectivity index (χ4v) is 4.08. The molecule has 0 aliphatic carbocycles. The summed E-state index contributed by atoms with van der Waals surface area (Å²) in [6, 6.07) is 19.8. The van der Waals surface area contributed by atoms with Crippen molar-refractivity contribution >= 4 is 46.6 Å². The SMILES string of the molecule is Cc1ccc(SC2=C(Nc3ccc(F)cc3)C(=O)N(c3cccc(Cl)c3)C2=O)cc1. The van der Waals surface area contributed by atoms with Gasteiger partial charge in [0, 0.05) is 15.6 Å². The molecule has 0 spiro atoms. The van der Waals surface area contributed by atoms with Crippen molar-refractivity contribution in [3.63, 3.8) is 0 Å². The van der Waals surface area contributed by atoms with Crippen molar-refractivity contribution in [3.8, 4) is 0 Å². The number of halogens is 2. The fourth-order valence-electron chi connectivity index (χ4n) is 2.97. The highest BCUT2D eigenvalue weighted by Gasteiger charge is 2.40. The third kappa shape index (κ3) is 4.10. The van der Waals surface area contributed by atoms with Gasteiger partial charge >= 0.3 is 0 Å². The third-order valence-electron chi connectivity index (χ3n) is 4.46. The first-order valence-corrected chi connectivity index (χ1v) is 10.3. The summed E-state index contributed by atoms with van der Waals surface area (Å²) in [6.07, 6.45) is 0. The number of aryl methyl sites for hydroxylation is 1. The molecule has 4 nitrogen and oxygen atoms in total. The molecule has 0 unspecified atom stereocenters. The van der Waals surface area contributed by atoms with Gasteiger partial charge in [-0.3, -0.25) is 9.59 Å². The van der Waals surface area contributed by atoms with E-state index in [1.54, 1.807) is 24.3 Å². The van der Waals surface area contributed by atoms with E-state index in [1.807, 2.05) is 31.2 Å². The molecule has 0 saturated carbocycles. The van der Waals surface area contributed by atoms with Crippen LogP contribution in [0.4, 0.5) is 15.8 Å². The Hall–Kier alpha value is -3.09. The standard InChI is InChI=1S/C23H16ClFN2O2S/c1-14-5-11-19(12-6-14)30-21-20(26-17-9-7-16(25)8-10-17)22(28)27(23(21)29)18-4-2-3-15(24)13-18/h2-13,26H,1H3. The zero-order valence-corrected chi connectivity index (χ0v) is 17.4. The second-order valence-electron chi connectivity index (χ2n) is 6.68. The smallest absolute Gasteiger partial charge is 0.283 e. The number of rotatable bonds is 5. The molecule has 0 aromatic heterocycles. The van der Waals surface area contributed by atoms with E-state index in [-0.39, 0.29) is 10.6 Å². The lowest BCUT2D eigenvalue weighted by Gasteiger charge is -2.15. The molecule has 0 bridgehead atoms. The molecule has 3 aromatic carbocycles. The third-order valence-corrected chi connectivity index (χ3v) is 5.79. The Balaban J connectivity index is 1.74. The largest absolute Gasteiger partial charge is 0.350 e. The van der Waals surface area contributed by atoms with Crippen molar-refractivity contribution in [3.05, 3.63) is 99.8 Å². The average molecular weight is 439 g/mol. The number of carbonyl (C=O) groups is 2. The summed E-state index contributed by atoms with van der Waals surface area (Å²) in [5.41, 5.74) is 2.11. The van der Waals surface area contributed by atoms with Crippen molar-refractivity contribution in [1.29, 1.82) is 0 Å². The Kier molecular flexibility index (Phi) is 5.61. The van der Waals surface area contributed by atoms with Crippen molar-refractivity contribution < 1.29 is 14.0 Å². The Morgan fingerprint density at radius 3 is 2.30 bits per heavy atom. The van der Waals surface area contributed by atoms with Crippen LogP contribution in [0.5, 0.6) is 0 Å². The topological polar surface area (TPSA) is 49.4 Å². The Bertz CT molecular complexity index is 1090. The van der Waals surface area contributed by atoms with E-state index in [2.05, 4.69) is 5.32 Å². The second-order valence-corrected chi connectivity index (χ2v) is 8.20. The van der Waals surface area contributed by atoms with Crippen molar-refractivity contribution in [2.24, 2.45) is 0 Å². The van der Waals surface area contributed by atoms with Crippen LogP contribution in [0.3, 0.4) is 0 Å². The summed E-state index contributed by atoms with van der Waals surface area (Å²) >= 11 is 7.26. The lowest BCUT2D eigenvalue weighted by Crippen LogP contribution is -2.32. The zero-order chi connectivity index (χ0) is 21.3. The molecule has 30 heavy (non-hydrogen) atoms. The van der Waals surface area contributed by atoms with Crippen LogP contribution in [0.1, 0.15) is 5.56 Å². The quantitative estimate of drug-likeness (QED) is 0.513. The van der Waals surface area contributed by atoms with Gasteiger partial charge in [0.2, 0.25) is 0 Å². The molecule has 0 radical (unpaired) electrons. The number of hydrogen-bond acceptors (Lipinski definition) is 4. The van der Waals surface area contributed by atoms with Crippen LogP contribution in [0, 0.1) is 12.7 Å². The predicted octanol–water partition coefficient (Wildman–Crippen LogP) is 5.78. The summed E-state index contributed by atoms with van der Waals surface area (Å²) in [7, 11) is 0. The zero-order valence-electron chi connectivity index (χ0n) is 15.9. The van der Waals surface area contributed by atoms with Gasteiger partial charge in [0.15, 0.2) is 0 Å². The molecule has 1 N–H and O–H groups in total. The van der Waals surface area contributed by atoms with Crippen LogP contribution in [0.15, 0.2) is 88.3 Å². The van der Waals surface area contributed by atoms with Gasteiger partial charge in [-0.2, -0.15) is 0 Å². The van der Waals surface area contributed by atoms with Crippen LogP contribution in [0.25, 0.3) is 0 Å². The highest BCUT2D eigenvalue weighted by atomic mass is 35.5. The molecule has 3 aromatic rings. The first-order chi connectivity index (χ1) is 14.4. The van der Waals surface area contributed by atoms with E-state index < -0.39 is 17.6 Å². The monoisotopic (exact) mass is 438 g/mol. The molecule has 150 valence electrons. The van der Waals surface area contributed by atoms with E-state index in [9.17, 15) is 14.0 Å². The number of benzene rings is 3. The summed E-state index contributed by atoms with van der Waals surface area (Å²) in [5.74, 6) is -1.34. The van der Waals surface area contributed by atoms with Gasteiger partial charge in [-0.15, -0.1) is 0 Å². The van der Waals surface area contributed by atoms with Gasteiger partial charge in [0.1, 0.15) is 16.4 Å². The second kappa shape index (κ2) is 8.34. The van der Waals surface area contributed by atoms with Gasteiger partial charge in [0.25, 0.3) is 11.8 Å². The van der Waals surface area contributed by atoms with Gasteiger partial charge in [-0.1, -0.05) is 47.1 Å². The summed E-state index contributed by atoms with van der Waals surface area (Å²) < 4.78 is 13.3. The van der Waals surface area contributed by atoms with Gasteiger partial charge < -0.3 is 5.32 Å². The predicted molar refractivity (Wildman–Crippen MR) is 118 cm³/mol. The Morgan fingerprint density at radius 1 is 0.933 bits per heavy atom. The number of nitrogens with zero attached hydrogens (tertiary/aromatic N) is 1. The molecule has 1 aliphatic rings. The lowest BCUT2D eigenvalue weighted by molar-refractivity contribution is -0.120. The molecular weight excluding hydrogens is 423 g/mol. The van der Waals surface area contributed by atoms with Crippen LogP contribution in [-0.2, 0) is 9.59 Å². The van der Waals surface area contributed by atoms with Crippen molar-refractivity contribution in [2.75, 3.05) is 10.2 Å². The normalized spacial score (nSPS) is 13.9. The molecule has 2 amide bonds. The molecule has 4 rings (SSSR count). The number of anilines is 2. The van der Waals surface area contributed by atoms with Crippen molar-refractivity contribution in [1.82, 2.24) is 0 Å². The van der Waals surface area contributed by atoms with E-state index >= 15 is 0 Å². The number of nitrogens with one attached hydrogen (secondary N) is 1. The first-order valence-electron chi connectivity index (χ1n) is 9.08. The van der Waals surface area contributed by atoms with Crippen LogP contribution in [-0.4, -0.2) is 11.8 Å². The van der Waals surface area contributed by atoms with E-state index in [1.165, 1.54) is 36.0 Å². The molecule has 7 heteroatoms. The highest BCUT2D eigenvalue weighted by Crippen LogP contribution is 2.38. The lowest BCUT2D eigenvalue weighted by atomic mass is 10.2. The molecular formula is C23H16ClFN2O2S. The highest BCUT2D eigenvalue weighted by molar-refractivity contribution is 8.04. The van der Waals surface area contributed by atoms with Crippen LogP contribution >= 0.6 is 23.4 Å². The fraction of sp³-hybridized carbons (Fsp3) is 0.0435. The summed E-state index contributed by atoms with van der Waals surface area (Å²) in [4.78, 5) is 28.6. The van der Waals surface area contributed by atoms with Crippen LogP contribution < -0.4 is 10.2 Å². The number of hydrogen-bond donors (Lipinski definition) is 1. The maximum Gasteiger partial charge on any atom is 0.283 e. The maximum atomic E-state index is 13.3. The van der Waals surface area contributed by atoms with E-state index in [0.29, 0.717) is 16.4 Å². The van der Waals surface area contributed by atoms with E-state index in [4.69, 9.17) is 11.6 Å². The van der Waals surface area contributed by atoms with Crippen molar-refractivity contribution in [2.45, 2.75) is 11.8 Å². The summed E-state index contributed by atoms with van der Waals surface area (Å²) in [5, 5.41) is 3.41. The Labute approximate surface area is 182 Å². The number of thioether (sulfide) groups is 1. The number of amides is 2. The molecule has 0 fully saturated rings. The number of imide groups is 1. The molecule has 1 aliphatic heterocycles. The van der Waals surface area contributed by atoms with Crippen LogP contribution in [0.2, 0.25) is 5.02 Å². The molecule has 0 atom stereocenters. The molecule has 0 saturated heterocycles. The average Bonchev–Trinajstić information content (AvgIpc) is 2.95.